The van der Waals surface area contributed by atoms with Crippen molar-refractivity contribution in [2.45, 2.75) is 33.9 Å². The van der Waals surface area contributed by atoms with Gasteiger partial charge in [-0.1, -0.05) is 11.3 Å². The fraction of sp³-hybridized carbons (Fsp3) is 0.368. The second-order valence-electron chi connectivity index (χ2n) is 6.01. The van der Waals surface area contributed by atoms with Crippen molar-refractivity contribution >= 4 is 33.4 Å². The van der Waals surface area contributed by atoms with Crippen molar-refractivity contribution in [1.29, 1.82) is 0 Å². The fourth-order valence-electron chi connectivity index (χ4n) is 2.84. The zero-order valence-corrected chi connectivity index (χ0v) is 17.1. The number of amides is 1. The summed E-state index contributed by atoms with van der Waals surface area (Å²) in [4.78, 5) is 29.4. The second kappa shape index (κ2) is 8.39. The van der Waals surface area contributed by atoms with E-state index in [0.717, 1.165) is 21.7 Å². The monoisotopic (exact) mass is 402 g/mol. The number of nitrogens with zero attached hydrogens (tertiary/aromatic N) is 4. The van der Waals surface area contributed by atoms with E-state index in [0.29, 0.717) is 23.6 Å². The summed E-state index contributed by atoms with van der Waals surface area (Å²) in [6, 6.07) is 7.26. The van der Waals surface area contributed by atoms with E-state index in [4.69, 9.17) is 9.47 Å². The number of fused-ring (bicyclic) bond motifs is 1. The first-order chi connectivity index (χ1) is 13.5. The molecular formula is C19H22N4O4S. The summed E-state index contributed by atoms with van der Waals surface area (Å²) in [5.41, 5.74) is 1.95. The lowest BCUT2D eigenvalue weighted by atomic mass is 10.3. The highest BCUT2D eigenvalue weighted by Crippen LogP contribution is 2.23. The van der Waals surface area contributed by atoms with Gasteiger partial charge in [-0.15, -0.1) is 0 Å². The topological polar surface area (TPSA) is 87.7 Å². The number of aryl methyl sites for hydroxylation is 2. The van der Waals surface area contributed by atoms with Crippen LogP contribution in [0, 0.1) is 6.92 Å². The molecule has 0 bridgehead atoms. The minimum absolute atomic E-state index is 0.0390. The molecule has 8 nitrogen and oxygen atoms in total. The number of benzene rings is 1. The van der Waals surface area contributed by atoms with Crippen LogP contribution in [0.5, 0.6) is 5.75 Å². The lowest BCUT2D eigenvalue weighted by Crippen LogP contribution is -2.23. The third-order valence-electron chi connectivity index (χ3n) is 4.10. The molecule has 0 atom stereocenters. The molecule has 28 heavy (non-hydrogen) atoms. The number of carbonyl (C=O) groups excluding carboxylic acids is 2. The SMILES string of the molecule is CCOc1ccc2c(c1)sc(=NC(=O)c1cc(C)nn1CC)n2CC(=O)OC. The summed E-state index contributed by atoms with van der Waals surface area (Å²) < 4.78 is 14.5. The Labute approximate surface area is 166 Å². The van der Waals surface area contributed by atoms with E-state index >= 15 is 0 Å². The van der Waals surface area contributed by atoms with Crippen LogP contribution in [0.25, 0.3) is 10.2 Å². The summed E-state index contributed by atoms with van der Waals surface area (Å²) in [7, 11) is 1.33. The van der Waals surface area contributed by atoms with E-state index in [9.17, 15) is 9.59 Å². The quantitative estimate of drug-likeness (QED) is 0.591. The second-order valence-corrected chi connectivity index (χ2v) is 7.02. The van der Waals surface area contributed by atoms with Gasteiger partial charge < -0.3 is 14.0 Å². The van der Waals surface area contributed by atoms with Gasteiger partial charge >= 0.3 is 5.97 Å². The largest absolute Gasteiger partial charge is 0.494 e. The van der Waals surface area contributed by atoms with Gasteiger partial charge in [-0.3, -0.25) is 14.3 Å². The third-order valence-corrected chi connectivity index (χ3v) is 5.14. The molecule has 0 aliphatic rings. The van der Waals surface area contributed by atoms with Crippen molar-refractivity contribution in [2.24, 2.45) is 4.99 Å². The first kappa shape index (κ1) is 19.8. The number of thiazole rings is 1. The minimum atomic E-state index is -0.420. The van der Waals surface area contributed by atoms with Crippen LogP contribution < -0.4 is 9.54 Å². The Balaban J connectivity index is 2.14. The summed E-state index contributed by atoms with van der Waals surface area (Å²) in [5.74, 6) is -0.103. The first-order valence-corrected chi connectivity index (χ1v) is 9.75. The predicted octanol–water partition coefficient (Wildman–Crippen LogP) is 2.54. The van der Waals surface area contributed by atoms with Crippen molar-refractivity contribution in [2.75, 3.05) is 13.7 Å². The molecule has 0 fully saturated rings. The van der Waals surface area contributed by atoms with Crippen LogP contribution in [0.2, 0.25) is 0 Å². The summed E-state index contributed by atoms with van der Waals surface area (Å²) in [6.45, 7) is 6.73. The van der Waals surface area contributed by atoms with Gasteiger partial charge in [0.15, 0.2) is 4.80 Å². The Bertz CT molecular complexity index is 1090. The van der Waals surface area contributed by atoms with Gasteiger partial charge in [-0.25, -0.2) is 0 Å². The molecule has 1 amide bonds. The van der Waals surface area contributed by atoms with Crippen LogP contribution in [0.3, 0.4) is 0 Å². The maximum Gasteiger partial charge on any atom is 0.325 e. The normalized spacial score (nSPS) is 11.8. The number of aromatic nitrogens is 3. The average Bonchev–Trinajstić information content (AvgIpc) is 3.22. The van der Waals surface area contributed by atoms with Crippen molar-refractivity contribution < 1.29 is 19.1 Å². The molecule has 0 aliphatic heterocycles. The molecule has 0 radical (unpaired) electrons. The van der Waals surface area contributed by atoms with Gasteiger partial charge in [0.1, 0.15) is 18.0 Å². The highest BCUT2D eigenvalue weighted by molar-refractivity contribution is 7.16. The van der Waals surface area contributed by atoms with Crippen LogP contribution in [0.15, 0.2) is 29.3 Å². The number of methoxy groups -OCH3 is 1. The van der Waals surface area contributed by atoms with E-state index < -0.39 is 11.9 Å². The molecule has 3 rings (SSSR count). The fourth-order valence-corrected chi connectivity index (χ4v) is 3.90. The number of rotatable bonds is 6. The molecule has 148 valence electrons. The number of hydrogen-bond acceptors (Lipinski definition) is 6. The number of ether oxygens (including phenoxy) is 2. The molecule has 2 heterocycles. The van der Waals surface area contributed by atoms with E-state index in [1.807, 2.05) is 39.0 Å². The van der Waals surface area contributed by atoms with E-state index in [2.05, 4.69) is 10.1 Å². The van der Waals surface area contributed by atoms with Gasteiger partial charge in [0.05, 0.1) is 29.6 Å². The summed E-state index contributed by atoms with van der Waals surface area (Å²) in [5, 5.41) is 4.29. The molecule has 0 unspecified atom stereocenters. The van der Waals surface area contributed by atoms with Crippen LogP contribution in [0.4, 0.5) is 0 Å². The van der Waals surface area contributed by atoms with Crippen molar-refractivity contribution in [1.82, 2.24) is 14.3 Å². The zero-order valence-electron chi connectivity index (χ0n) is 16.3. The third kappa shape index (κ3) is 3.99. The number of carbonyl (C=O) groups is 2. The van der Waals surface area contributed by atoms with Crippen molar-refractivity contribution in [3.05, 3.63) is 40.5 Å². The smallest absolute Gasteiger partial charge is 0.325 e. The minimum Gasteiger partial charge on any atom is -0.494 e. The molecule has 0 aliphatic carbocycles. The molecule has 2 aromatic heterocycles. The summed E-state index contributed by atoms with van der Waals surface area (Å²) in [6.07, 6.45) is 0. The van der Waals surface area contributed by atoms with Crippen molar-refractivity contribution in [3.63, 3.8) is 0 Å². The Morgan fingerprint density at radius 2 is 2.04 bits per heavy atom. The lowest BCUT2D eigenvalue weighted by Gasteiger charge is -2.05. The standard InChI is InChI=1S/C19H22N4O4S/c1-5-23-15(9-12(3)21-23)18(25)20-19-22(11-17(24)26-4)14-8-7-13(27-6-2)10-16(14)28-19/h7-10H,5-6,11H2,1-4H3. The lowest BCUT2D eigenvalue weighted by molar-refractivity contribution is -0.141. The Hall–Kier alpha value is -2.94. The maximum atomic E-state index is 12.8. The predicted molar refractivity (Wildman–Crippen MR) is 106 cm³/mol. The molecule has 0 spiro atoms. The Morgan fingerprint density at radius 3 is 2.71 bits per heavy atom. The average molecular weight is 402 g/mol. The van der Waals surface area contributed by atoms with Gasteiger partial charge in [0.25, 0.3) is 5.91 Å². The number of esters is 1. The van der Waals surface area contributed by atoms with Gasteiger partial charge in [-0.05, 0) is 45.0 Å². The molecule has 1 aromatic carbocycles. The zero-order chi connectivity index (χ0) is 20.3. The van der Waals surface area contributed by atoms with Gasteiger partial charge in [-0.2, -0.15) is 10.1 Å². The first-order valence-electron chi connectivity index (χ1n) is 8.93. The van der Waals surface area contributed by atoms with Gasteiger partial charge in [0.2, 0.25) is 0 Å². The molecule has 3 aromatic rings. The highest BCUT2D eigenvalue weighted by atomic mass is 32.1. The molecule has 0 N–H and O–H groups in total. The van der Waals surface area contributed by atoms with Crippen LogP contribution in [0.1, 0.15) is 30.0 Å². The molecule has 9 heteroatoms. The van der Waals surface area contributed by atoms with Crippen molar-refractivity contribution in [3.8, 4) is 5.75 Å². The van der Waals surface area contributed by atoms with Gasteiger partial charge in [0, 0.05) is 6.54 Å². The maximum absolute atomic E-state index is 12.8. The van der Waals surface area contributed by atoms with E-state index in [1.165, 1.54) is 18.4 Å². The Morgan fingerprint density at radius 1 is 1.25 bits per heavy atom. The molecule has 0 saturated heterocycles. The molecule has 0 saturated carbocycles. The van der Waals surface area contributed by atoms with E-state index in [-0.39, 0.29) is 6.54 Å². The summed E-state index contributed by atoms with van der Waals surface area (Å²) >= 11 is 1.32. The molecular weight excluding hydrogens is 380 g/mol. The van der Waals surface area contributed by atoms with Crippen LogP contribution >= 0.6 is 11.3 Å². The van der Waals surface area contributed by atoms with Crippen LogP contribution in [-0.4, -0.2) is 39.9 Å². The van der Waals surface area contributed by atoms with Crippen LogP contribution in [-0.2, 0) is 22.6 Å². The Kier molecular flexibility index (Phi) is 5.93. The highest BCUT2D eigenvalue weighted by Gasteiger charge is 2.16. The number of hydrogen-bond donors (Lipinski definition) is 0. The van der Waals surface area contributed by atoms with E-state index in [1.54, 1.807) is 15.3 Å².